The summed E-state index contributed by atoms with van der Waals surface area (Å²) in [6.07, 6.45) is 3.05. The number of anilines is 3. The van der Waals surface area contributed by atoms with Crippen molar-refractivity contribution < 1.29 is 9.11 Å². The highest BCUT2D eigenvalue weighted by Gasteiger charge is 2.38. The molecule has 0 spiro atoms. The van der Waals surface area contributed by atoms with Crippen molar-refractivity contribution in [3.63, 3.8) is 0 Å². The van der Waals surface area contributed by atoms with Crippen LogP contribution in [-0.4, -0.2) is 72.7 Å². The Bertz CT molecular complexity index is 821. The molecule has 2 aromatic rings. The standard InChI is InChI=1S/C15H19N7O2S2/c16-6-12-7-17-15(25-12)20-13-5-14(19-10-18-13)22-3-1-21(2-4-22)11-8-26(23,24)9-11/h5,7,10-11,23-24H,1-4,8-9H2,(H,17,18,19,20). The third-order valence-corrected chi connectivity index (χ3v) is 7.23. The minimum absolute atomic E-state index is 0.295. The fourth-order valence-electron chi connectivity index (χ4n) is 3.18. The van der Waals surface area contributed by atoms with Gasteiger partial charge in [-0.1, -0.05) is 11.3 Å². The third-order valence-electron chi connectivity index (χ3n) is 4.58. The normalized spacial score (nSPS) is 21.7. The van der Waals surface area contributed by atoms with Crippen molar-refractivity contribution >= 4 is 38.7 Å². The van der Waals surface area contributed by atoms with Crippen LogP contribution >= 0.6 is 21.9 Å². The number of rotatable bonds is 4. The Hall–Kier alpha value is -1.97. The summed E-state index contributed by atoms with van der Waals surface area (Å²) < 4.78 is 19.1. The zero-order chi connectivity index (χ0) is 18.1. The molecule has 0 bridgehead atoms. The zero-order valence-corrected chi connectivity index (χ0v) is 15.6. The number of piperazine rings is 1. The van der Waals surface area contributed by atoms with Gasteiger partial charge in [-0.05, 0) is 0 Å². The molecule has 2 fully saturated rings. The smallest absolute Gasteiger partial charge is 0.189 e. The molecular formula is C15H19N7O2S2. The summed E-state index contributed by atoms with van der Waals surface area (Å²) in [5, 5.41) is 12.6. The van der Waals surface area contributed by atoms with Crippen molar-refractivity contribution in [1.29, 1.82) is 5.26 Å². The van der Waals surface area contributed by atoms with Gasteiger partial charge in [-0.15, -0.1) is 0 Å². The Morgan fingerprint density at radius 3 is 2.62 bits per heavy atom. The summed E-state index contributed by atoms with van der Waals surface area (Å²) in [7, 11) is -2.29. The average molecular weight is 393 g/mol. The average Bonchev–Trinajstić information content (AvgIpc) is 3.07. The number of nitriles is 1. The lowest BCUT2D eigenvalue weighted by Gasteiger charge is -2.53. The summed E-state index contributed by atoms with van der Waals surface area (Å²) in [5.74, 6) is 2.50. The van der Waals surface area contributed by atoms with E-state index in [9.17, 15) is 9.11 Å². The Kier molecular flexibility index (Phi) is 4.68. The number of nitrogens with one attached hydrogen (secondary N) is 1. The van der Waals surface area contributed by atoms with Gasteiger partial charge in [-0.2, -0.15) is 15.9 Å². The quantitative estimate of drug-likeness (QED) is 0.714. The zero-order valence-electron chi connectivity index (χ0n) is 13.9. The van der Waals surface area contributed by atoms with Crippen LogP contribution in [-0.2, 0) is 0 Å². The van der Waals surface area contributed by atoms with Gasteiger partial charge in [-0.3, -0.25) is 14.0 Å². The van der Waals surface area contributed by atoms with Gasteiger partial charge >= 0.3 is 0 Å². The van der Waals surface area contributed by atoms with Crippen LogP contribution in [0.3, 0.4) is 0 Å². The van der Waals surface area contributed by atoms with Crippen LogP contribution in [0.1, 0.15) is 4.88 Å². The van der Waals surface area contributed by atoms with Crippen LogP contribution in [0.2, 0.25) is 0 Å². The van der Waals surface area contributed by atoms with Gasteiger partial charge in [0.2, 0.25) is 0 Å². The highest BCUT2D eigenvalue weighted by Crippen LogP contribution is 2.50. The molecule has 0 aliphatic carbocycles. The molecule has 4 heterocycles. The molecule has 2 aliphatic rings. The first-order valence-corrected chi connectivity index (χ1v) is 10.9. The van der Waals surface area contributed by atoms with E-state index in [1.807, 2.05) is 6.07 Å². The van der Waals surface area contributed by atoms with Gasteiger partial charge in [0.1, 0.15) is 28.9 Å². The van der Waals surface area contributed by atoms with Crippen molar-refractivity contribution in [2.24, 2.45) is 0 Å². The summed E-state index contributed by atoms with van der Waals surface area (Å²) >= 11 is 1.28. The lowest BCUT2D eigenvalue weighted by molar-refractivity contribution is 0.194. The van der Waals surface area contributed by atoms with Gasteiger partial charge in [-0.25, -0.2) is 15.0 Å². The largest absolute Gasteiger partial charge is 0.354 e. The summed E-state index contributed by atoms with van der Waals surface area (Å²) in [5.41, 5.74) is 0. The van der Waals surface area contributed by atoms with Crippen molar-refractivity contribution in [3.8, 4) is 6.07 Å². The van der Waals surface area contributed by atoms with E-state index in [2.05, 4.69) is 36.1 Å². The molecule has 0 amide bonds. The number of thiazole rings is 1. The van der Waals surface area contributed by atoms with Crippen molar-refractivity contribution in [2.45, 2.75) is 6.04 Å². The summed E-state index contributed by atoms with van der Waals surface area (Å²) in [6.45, 7) is 3.43. The van der Waals surface area contributed by atoms with E-state index in [0.717, 1.165) is 32.0 Å². The van der Waals surface area contributed by atoms with Crippen molar-refractivity contribution in [2.75, 3.05) is 47.9 Å². The molecule has 0 unspecified atom stereocenters. The first-order chi connectivity index (χ1) is 12.5. The highest BCUT2D eigenvalue weighted by atomic mass is 32.3. The van der Waals surface area contributed by atoms with E-state index >= 15 is 0 Å². The van der Waals surface area contributed by atoms with Crippen LogP contribution in [0.25, 0.3) is 0 Å². The number of aromatic nitrogens is 3. The highest BCUT2D eigenvalue weighted by molar-refractivity contribution is 8.25. The topological polar surface area (TPSA) is 121 Å². The van der Waals surface area contributed by atoms with E-state index in [4.69, 9.17) is 5.26 Å². The van der Waals surface area contributed by atoms with Crippen LogP contribution in [0, 0.1) is 11.3 Å². The van der Waals surface area contributed by atoms with E-state index in [-0.39, 0.29) is 0 Å². The van der Waals surface area contributed by atoms with Crippen LogP contribution in [0.5, 0.6) is 0 Å². The number of nitrogens with zero attached hydrogens (tertiary/aromatic N) is 6. The fraction of sp³-hybridized carbons (Fsp3) is 0.467. The first-order valence-electron chi connectivity index (χ1n) is 8.20. The minimum atomic E-state index is -2.29. The lowest BCUT2D eigenvalue weighted by atomic mass is 10.2. The Labute approximate surface area is 156 Å². The maximum Gasteiger partial charge on any atom is 0.189 e. The molecule has 2 aromatic heterocycles. The molecule has 2 saturated heterocycles. The second-order valence-electron chi connectivity index (χ2n) is 6.34. The van der Waals surface area contributed by atoms with Gasteiger partial charge in [0.15, 0.2) is 5.13 Å². The van der Waals surface area contributed by atoms with Gasteiger partial charge in [0, 0.05) is 38.3 Å². The molecular weight excluding hydrogens is 374 g/mol. The SMILES string of the molecule is N#Cc1cnc(Nc2cc(N3CCN(C4CS(O)(O)C4)CC3)ncn2)s1. The van der Waals surface area contributed by atoms with Gasteiger partial charge in [0.05, 0.1) is 17.7 Å². The Morgan fingerprint density at radius 1 is 1.19 bits per heavy atom. The first kappa shape index (κ1) is 17.4. The molecule has 0 aromatic carbocycles. The second kappa shape index (κ2) is 6.98. The van der Waals surface area contributed by atoms with E-state index in [1.54, 1.807) is 0 Å². The molecule has 4 rings (SSSR count). The van der Waals surface area contributed by atoms with Crippen LogP contribution in [0.15, 0.2) is 18.6 Å². The fourth-order valence-corrected chi connectivity index (χ4v) is 5.35. The molecule has 26 heavy (non-hydrogen) atoms. The number of hydrogen-bond donors (Lipinski definition) is 3. The molecule has 3 N–H and O–H groups in total. The molecule has 138 valence electrons. The Morgan fingerprint density at radius 2 is 1.96 bits per heavy atom. The van der Waals surface area contributed by atoms with Gasteiger partial charge in [0.25, 0.3) is 0 Å². The maximum atomic E-state index is 9.57. The molecule has 2 aliphatic heterocycles. The molecule has 0 atom stereocenters. The Balaban J connectivity index is 1.36. The summed E-state index contributed by atoms with van der Waals surface area (Å²) in [4.78, 5) is 17.8. The predicted molar refractivity (Wildman–Crippen MR) is 102 cm³/mol. The van der Waals surface area contributed by atoms with E-state index in [1.165, 1.54) is 23.9 Å². The molecule has 0 saturated carbocycles. The maximum absolute atomic E-state index is 9.57. The van der Waals surface area contributed by atoms with Crippen molar-refractivity contribution in [1.82, 2.24) is 19.9 Å². The lowest BCUT2D eigenvalue weighted by Crippen LogP contribution is -2.57. The molecule has 9 nitrogen and oxygen atoms in total. The van der Waals surface area contributed by atoms with Crippen LogP contribution < -0.4 is 10.2 Å². The van der Waals surface area contributed by atoms with E-state index in [0.29, 0.717) is 33.4 Å². The minimum Gasteiger partial charge on any atom is -0.354 e. The second-order valence-corrected chi connectivity index (χ2v) is 9.64. The van der Waals surface area contributed by atoms with Gasteiger partial charge < -0.3 is 10.2 Å². The summed E-state index contributed by atoms with van der Waals surface area (Å²) in [6, 6.07) is 4.24. The third kappa shape index (κ3) is 3.74. The van der Waals surface area contributed by atoms with Crippen molar-refractivity contribution in [3.05, 3.63) is 23.5 Å². The predicted octanol–water partition coefficient (Wildman–Crippen LogP) is 1.80. The number of hydrogen-bond acceptors (Lipinski definition) is 10. The van der Waals surface area contributed by atoms with Crippen LogP contribution in [0.4, 0.5) is 16.8 Å². The van der Waals surface area contributed by atoms with E-state index < -0.39 is 10.6 Å². The monoisotopic (exact) mass is 393 g/mol. The molecule has 11 heteroatoms. The molecule has 0 radical (unpaired) electrons.